The highest BCUT2D eigenvalue weighted by molar-refractivity contribution is 8.15. The highest BCUT2D eigenvalue weighted by Gasteiger charge is 2.39. The lowest BCUT2D eigenvalue weighted by molar-refractivity contribution is -0.126. The van der Waals surface area contributed by atoms with E-state index in [0.29, 0.717) is 13.1 Å². The average molecular weight is 371 g/mol. The lowest BCUT2D eigenvalue weighted by Gasteiger charge is -2.16. The topological polar surface area (TPSA) is 70.7 Å². The molecule has 2 N–H and O–H groups in total. The van der Waals surface area contributed by atoms with Crippen molar-refractivity contribution in [1.29, 1.82) is 0 Å². The Bertz CT molecular complexity index is 778. The van der Waals surface area contributed by atoms with Crippen LogP contribution in [0.1, 0.15) is 5.56 Å². The first-order valence-electron chi connectivity index (χ1n) is 8.30. The van der Waals surface area contributed by atoms with Crippen molar-refractivity contribution in [2.45, 2.75) is 12.3 Å². The molecule has 0 saturated carbocycles. The Hall–Kier alpha value is -2.67. The van der Waals surface area contributed by atoms with Crippen molar-refractivity contribution in [2.24, 2.45) is 0 Å². The van der Waals surface area contributed by atoms with Crippen LogP contribution in [0.2, 0.25) is 0 Å². The van der Waals surface area contributed by atoms with Crippen molar-refractivity contribution in [1.82, 2.24) is 4.90 Å². The summed E-state index contributed by atoms with van der Waals surface area (Å²) in [6.07, 6.45) is 0. The van der Waals surface area contributed by atoms with Gasteiger partial charge in [-0.2, -0.15) is 0 Å². The van der Waals surface area contributed by atoms with Crippen LogP contribution in [0.25, 0.3) is 0 Å². The summed E-state index contributed by atoms with van der Waals surface area (Å²) in [6.45, 7) is 2.87. The number of hydrogen-bond donors (Lipinski definition) is 2. The van der Waals surface area contributed by atoms with Crippen LogP contribution in [-0.2, 0) is 4.79 Å². The Kier molecular flexibility index (Phi) is 5.68. The summed E-state index contributed by atoms with van der Waals surface area (Å²) in [6, 6.07) is 15.2. The van der Waals surface area contributed by atoms with Crippen LogP contribution in [0.5, 0.6) is 5.75 Å². The number of aryl methyl sites for hydroxylation is 1. The average Bonchev–Trinajstić information content (AvgIpc) is 2.91. The summed E-state index contributed by atoms with van der Waals surface area (Å²) in [4.78, 5) is 25.9. The summed E-state index contributed by atoms with van der Waals surface area (Å²) in [5.74, 6) is 0.516. The van der Waals surface area contributed by atoms with E-state index in [-0.39, 0.29) is 11.1 Å². The van der Waals surface area contributed by atoms with E-state index in [1.54, 1.807) is 19.2 Å². The van der Waals surface area contributed by atoms with Crippen molar-refractivity contribution < 1.29 is 14.3 Å². The second-order valence-electron chi connectivity index (χ2n) is 5.92. The van der Waals surface area contributed by atoms with Crippen molar-refractivity contribution in [3.05, 3.63) is 54.1 Å². The molecule has 1 aliphatic heterocycles. The van der Waals surface area contributed by atoms with E-state index < -0.39 is 5.37 Å². The predicted octanol–water partition coefficient (Wildman–Crippen LogP) is 3.55. The number of benzene rings is 2. The minimum atomic E-state index is -0.602. The fourth-order valence-electron chi connectivity index (χ4n) is 2.56. The van der Waals surface area contributed by atoms with Crippen molar-refractivity contribution in [3.63, 3.8) is 0 Å². The largest absolute Gasteiger partial charge is 0.497 e. The van der Waals surface area contributed by atoms with Gasteiger partial charge in [0, 0.05) is 24.5 Å². The Balaban J connectivity index is 1.53. The number of nitrogens with one attached hydrogen (secondary N) is 2. The van der Waals surface area contributed by atoms with Crippen LogP contribution in [0, 0.1) is 6.92 Å². The molecular weight excluding hydrogens is 350 g/mol. The highest BCUT2D eigenvalue weighted by Crippen LogP contribution is 2.28. The highest BCUT2D eigenvalue weighted by atomic mass is 32.2. The zero-order valence-electron chi connectivity index (χ0n) is 14.7. The number of methoxy groups -OCH3 is 1. The maximum absolute atomic E-state index is 12.5. The van der Waals surface area contributed by atoms with E-state index in [2.05, 4.69) is 10.6 Å². The van der Waals surface area contributed by atoms with Gasteiger partial charge in [0.25, 0.3) is 11.1 Å². The smallest absolute Gasteiger partial charge is 0.290 e. The first kappa shape index (κ1) is 18.1. The summed E-state index contributed by atoms with van der Waals surface area (Å²) >= 11 is 1.00. The number of carbonyl (C=O) groups is 2. The second kappa shape index (κ2) is 8.14. The number of anilines is 2. The number of thioether (sulfide) groups is 1. The van der Waals surface area contributed by atoms with E-state index in [1.165, 1.54) is 10.5 Å². The van der Waals surface area contributed by atoms with Crippen LogP contribution in [-0.4, -0.2) is 41.6 Å². The van der Waals surface area contributed by atoms with Gasteiger partial charge in [-0.1, -0.05) is 17.7 Å². The number of hydrogen-bond acceptors (Lipinski definition) is 6. The van der Waals surface area contributed by atoms with Gasteiger partial charge in [0.05, 0.1) is 7.11 Å². The van der Waals surface area contributed by atoms with Gasteiger partial charge in [-0.05, 0) is 55.1 Å². The molecule has 2 aromatic rings. The van der Waals surface area contributed by atoms with Crippen LogP contribution >= 0.6 is 11.8 Å². The third-order valence-electron chi connectivity index (χ3n) is 4.03. The van der Waals surface area contributed by atoms with Gasteiger partial charge in [0.1, 0.15) is 5.75 Å². The molecule has 1 atom stereocenters. The van der Waals surface area contributed by atoms with Gasteiger partial charge >= 0.3 is 0 Å². The molecule has 26 heavy (non-hydrogen) atoms. The van der Waals surface area contributed by atoms with E-state index in [1.807, 2.05) is 43.3 Å². The molecule has 1 saturated heterocycles. The van der Waals surface area contributed by atoms with Gasteiger partial charge in [-0.25, -0.2) is 0 Å². The molecule has 0 spiro atoms. The molecule has 1 fully saturated rings. The Morgan fingerprint density at radius 1 is 1.04 bits per heavy atom. The lowest BCUT2D eigenvalue weighted by atomic mass is 10.2. The SMILES string of the molecule is COc1ccc(N[C@@H]2SC(=O)N(CCNc3ccc(C)cc3)C2=O)cc1. The fraction of sp³-hybridized carbons (Fsp3) is 0.263. The van der Waals surface area contributed by atoms with Crippen LogP contribution in [0.15, 0.2) is 48.5 Å². The molecule has 2 amide bonds. The fourth-order valence-corrected chi connectivity index (χ4v) is 3.49. The first-order valence-corrected chi connectivity index (χ1v) is 9.18. The Labute approximate surface area is 156 Å². The van der Waals surface area contributed by atoms with Gasteiger partial charge in [-0.15, -0.1) is 0 Å². The zero-order valence-corrected chi connectivity index (χ0v) is 15.5. The number of imide groups is 1. The molecule has 6 nitrogen and oxygen atoms in total. The first-order chi connectivity index (χ1) is 12.6. The number of rotatable bonds is 7. The van der Waals surface area contributed by atoms with E-state index in [4.69, 9.17) is 4.74 Å². The Morgan fingerprint density at radius 2 is 1.69 bits per heavy atom. The monoisotopic (exact) mass is 371 g/mol. The van der Waals surface area contributed by atoms with Crippen LogP contribution in [0.3, 0.4) is 0 Å². The normalized spacial score (nSPS) is 16.7. The molecule has 7 heteroatoms. The molecule has 1 heterocycles. The summed E-state index contributed by atoms with van der Waals surface area (Å²) in [7, 11) is 1.60. The summed E-state index contributed by atoms with van der Waals surface area (Å²) in [5, 5.41) is 5.49. The van der Waals surface area contributed by atoms with Gasteiger partial charge < -0.3 is 15.4 Å². The van der Waals surface area contributed by atoms with Gasteiger partial charge in [0.2, 0.25) is 0 Å². The van der Waals surface area contributed by atoms with Gasteiger partial charge in [0.15, 0.2) is 5.37 Å². The summed E-state index contributed by atoms with van der Waals surface area (Å²) < 4.78 is 5.11. The minimum absolute atomic E-state index is 0.221. The van der Waals surface area contributed by atoms with Gasteiger partial charge in [-0.3, -0.25) is 14.5 Å². The molecule has 3 rings (SSSR count). The van der Waals surface area contributed by atoms with E-state index >= 15 is 0 Å². The standard InChI is InChI=1S/C19H21N3O3S/c1-13-3-5-14(6-4-13)20-11-12-22-18(23)17(26-19(22)24)21-15-7-9-16(25-2)10-8-15/h3-10,17,20-21H,11-12H2,1-2H3/t17-/m1/s1. The molecule has 1 aliphatic rings. The maximum atomic E-state index is 12.5. The van der Waals surface area contributed by atoms with Crippen molar-refractivity contribution >= 4 is 34.3 Å². The third kappa shape index (κ3) is 4.29. The second-order valence-corrected chi connectivity index (χ2v) is 6.98. The minimum Gasteiger partial charge on any atom is -0.497 e. The molecule has 0 radical (unpaired) electrons. The zero-order chi connectivity index (χ0) is 18.5. The van der Waals surface area contributed by atoms with E-state index in [0.717, 1.165) is 28.9 Å². The van der Waals surface area contributed by atoms with Crippen LogP contribution < -0.4 is 15.4 Å². The predicted molar refractivity (Wildman–Crippen MR) is 105 cm³/mol. The van der Waals surface area contributed by atoms with E-state index in [9.17, 15) is 9.59 Å². The number of nitrogens with zero attached hydrogens (tertiary/aromatic N) is 1. The molecule has 0 aromatic heterocycles. The van der Waals surface area contributed by atoms with Crippen molar-refractivity contribution in [3.8, 4) is 5.75 Å². The molecule has 136 valence electrons. The lowest BCUT2D eigenvalue weighted by Crippen LogP contribution is -2.37. The molecular formula is C19H21N3O3S. The Morgan fingerprint density at radius 3 is 2.35 bits per heavy atom. The van der Waals surface area contributed by atoms with Crippen molar-refractivity contribution in [2.75, 3.05) is 30.8 Å². The number of amides is 2. The summed E-state index contributed by atoms with van der Waals surface area (Å²) in [5.41, 5.74) is 2.92. The molecule has 0 aliphatic carbocycles. The molecule has 2 aromatic carbocycles. The third-order valence-corrected chi connectivity index (χ3v) is 5.01. The quantitative estimate of drug-likeness (QED) is 0.776. The molecule has 0 bridgehead atoms. The van der Waals surface area contributed by atoms with Crippen LogP contribution in [0.4, 0.5) is 16.2 Å². The number of ether oxygens (including phenoxy) is 1. The molecule has 0 unspecified atom stereocenters. The maximum Gasteiger partial charge on any atom is 0.290 e. The number of carbonyl (C=O) groups excluding carboxylic acids is 2.